The molecule has 0 bridgehead atoms. The Hall–Kier alpha value is -2.71. The van der Waals surface area contributed by atoms with Crippen LogP contribution in [0.1, 0.15) is 76.6 Å². The molecule has 0 aromatic heterocycles. The molecule has 0 N–H and O–H groups in total. The third kappa shape index (κ3) is 5.85. The Balaban J connectivity index is 2.53. The monoisotopic (exact) mass is 490 g/mol. The van der Waals surface area contributed by atoms with Gasteiger partial charge in [0.25, 0.3) is 0 Å². The van der Waals surface area contributed by atoms with Gasteiger partial charge in [-0.15, -0.1) is 0 Å². The summed E-state index contributed by atoms with van der Waals surface area (Å²) in [5.74, 6) is -1.68. The zero-order valence-corrected chi connectivity index (χ0v) is 19.9. The molecule has 0 fully saturated rings. The normalized spacial score (nSPS) is 13.1. The maximum absolute atomic E-state index is 13.9. The zero-order valence-electron chi connectivity index (χ0n) is 19.9. The maximum atomic E-state index is 13.9. The van der Waals surface area contributed by atoms with Crippen molar-refractivity contribution in [1.29, 1.82) is 0 Å². The average Bonchev–Trinajstić information content (AvgIpc) is 2.71. The minimum absolute atomic E-state index is 0.101. The molecule has 9 heteroatoms. The Bertz CT molecular complexity index is 954. The Morgan fingerprint density at radius 3 is 1.26 bits per heavy atom. The van der Waals surface area contributed by atoms with Crippen molar-refractivity contribution in [1.82, 2.24) is 0 Å². The highest BCUT2D eigenvalue weighted by molar-refractivity contribution is 5.69. The number of hydrogen-bond acceptors (Lipinski definition) is 3. The second-order valence-corrected chi connectivity index (χ2v) is 9.28. The van der Waals surface area contributed by atoms with E-state index in [0.717, 1.165) is 12.1 Å². The van der Waals surface area contributed by atoms with Gasteiger partial charge in [-0.3, -0.25) is 0 Å². The van der Waals surface area contributed by atoms with Crippen LogP contribution in [0.15, 0.2) is 36.4 Å². The molecule has 2 aromatic carbocycles. The zero-order chi connectivity index (χ0) is 26.1. The Labute approximate surface area is 195 Å². The third-order valence-electron chi connectivity index (χ3n) is 6.23. The Morgan fingerprint density at radius 1 is 0.676 bits per heavy atom. The standard InChI is InChI=1S/C25H28F6O3/c1-7-22(3,4)15-11-9-13-17(19(15)24(26,27)28)33-21(32)34-18-14-10-12-16(23(5,6)8-2)20(18)25(29,30)31/h9-14H,7-8H2,1-6H3. The molecule has 0 atom stereocenters. The summed E-state index contributed by atoms with van der Waals surface area (Å²) in [7, 11) is 0. The number of ether oxygens (including phenoxy) is 2. The SMILES string of the molecule is CCC(C)(C)c1cccc(OC(=O)Oc2cccc(C(C)(C)CC)c2C(F)(F)F)c1C(F)(F)F. The molecule has 0 heterocycles. The summed E-state index contributed by atoms with van der Waals surface area (Å²) in [6.07, 6.45) is -10.7. The Morgan fingerprint density at radius 2 is 1.00 bits per heavy atom. The largest absolute Gasteiger partial charge is 0.519 e. The van der Waals surface area contributed by atoms with Gasteiger partial charge in [-0.1, -0.05) is 65.8 Å². The van der Waals surface area contributed by atoms with Gasteiger partial charge < -0.3 is 9.47 Å². The second-order valence-electron chi connectivity index (χ2n) is 9.28. The predicted molar refractivity (Wildman–Crippen MR) is 116 cm³/mol. The van der Waals surface area contributed by atoms with E-state index in [0.29, 0.717) is 12.8 Å². The van der Waals surface area contributed by atoms with Gasteiger partial charge in [0.05, 0.1) is 0 Å². The van der Waals surface area contributed by atoms with Gasteiger partial charge >= 0.3 is 18.5 Å². The van der Waals surface area contributed by atoms with Crippen molar-refractivity contribution < 1.29 is 40.6 Å². The fourth-order valence-corrected chi connectivity index (χ4v) is 3.53. The van der Waals surface area contributed by atoms with Crippen LogP contribution in [-0.2, 0) is 23.2 Å². The number of benzene rings is 2. The van der Waals surface area contributed by atoms with Crippen LogP contribution in [0.3, 0.4) is 0 Å². The summed E-state index contributed by atoms with van der Waals surface area (Å²) in [6, 6.07) is 7.00. The molecule has 0 aliphatic carbocycles. The lowest BCUT2D eigenvalue weighted by Crippen LogP contribution is -2.26. The first kappa shape index (κ1) is 27.5. The third-order valence-corrected chi connectivity index (χ3v) is 6.23. The van der Waals surface area contributed by atoms with Crippen molar-refractivity contribution in [2.75, 3.05) is 0 Å². The van der Waals surface area contributed by atoms with Crippen LogP contribution in [0.4, 0.5) is 31.1 Å². The van der Waals surface area contributed by atoms with Crippen molar-refractivity contribution >= 4 is 6.16 Å². The molecular weight excluding hydrogens is 462 g/mol. The lowest BCUT2D eigenvalue weighted by atomic mass is 9.79. The highest BCUT2D eigenvalue weighted by atomic mass is 19.4. The van der Waals surface area contributed by atoms with Gasteiger partial charge in [0, 0.05) is 0 Å². The molecule has 0 spiro atoms. The lowest BCUT2D eigenvalue weighted by Gasteiger charge is -2.29. The summed E-state index contributed by atoms with van der Waals surface area (Å²) in [4.78, 5) is 12.4. The summed E-state index contributed by atoms with van der Waals surface area (Å²) in [5, 5.41) is 0. The van der Waals surface area contributed by atoms with E-state index < -0.39 is 52.0 Å². The molecule has 3 nitrogen and oxygen atoms in total. The van der Waals surface area contributed by atoms with E-state index in [1.807, 2.05) is 0 Å². The topological polar surface area (TPSA) is 35.5 Å². The average molecular weight is 490 g/mol. The molecule has 0 saturated heterocycles. The van der Waals surface area contributed by atoms with Crippen LogP contribution in [0.2, 0.25) is 0 Å². The van der Waals surface area contributed by atoms with Crippen LogP contribution < -0.4 is 9.47 Å². The Kier molecular flexibility index (Phi) is 7.70. The fraction of sp³-hybridized carbons (Fsp3) is 0.480. The summed E-state index contributed by atoms with van der Waals surface area (Å²) in [6.45, 7) is 9.86. The fourth-order valence-electron chi connectivity index (χ4n) is 3.53. The molecule has 0 aliphatic rings. The summed E-state index contributed by atoms with van der Waals surface area (Å²) >= 11 is 0. The highest BCUT2D eigenvalue weighted by Gasteiger charge is 2.43. The van der Waals surface area contributed by atoms with Crippen LogP contribution in [0.25, 0.3) is 0 Å². The van der Waals surface area contributed by atoms with E-state index >= 15 is 0 Å². The number of carbonyl (C=O) groups excluding carboxylic acids is 1. The van der Waals surface area contributed by atoms with Gasteiger partial charge in [-0.05, 0) is 46.9 Å². The van der Waals surface area contributed by atoms with Gasteiger partial charge in [0.15, 0.2) is 0 Å². The minimum Gasteiger partial charge on any atom is -0.394 e. The van der Waals surface area contributed by atoms with Crippen molar-refractivity contribution in [3.8, 4) is 11.5 Å². The first-order valence-corrected chi connectivity index (χ1v) is 10.8. The van der Waals surface area contributed by atoms with Crippen molar-refractivity contribution in [3.05, 3.63) is 58.7 Å². The molecule has 0 unspecified atom stereocenters. The quantitative estimate of drug-likeness (QED) is 0.231. The van der Waals surface area contributed by atoms with Crippen molar-refractivity contribution in [2.45, 2.75) is 77.6 Å². The van der Waals surface area contributed by atoms with E-state index in [2.05, 4.69) is 0 Å². The van der Waals surface area contributed by atoms with Crippen molar-refractivity contribution in [3.63, 3.8) is 0 Å². The molecule has 34 heavy (non-hydrogen) atoms. The van der Waals surface area contributed by atoms with Crippen molar-refractivity contribution in [2.24, 2.45) is 0 Å². The smallest absolute Gasteiger partial charge is 0.394 e. The number of rotatable bonds is 6. The molecule has 0 amide bonds. The first-order valence-electron chi connectivity index (χ1n) is 10.8. The van der Waals surface area contributed by atoms with Gasteiger partial charge in [0.1, 0.15) is 22.6 Å². The molecule has 0 saturated carbocycles. The number of carbonyl (C=O) groups is 1. The predicted octanol–water partition coefficient (Wildman–Crippen LogP) is 8.68. The van der Waals surface area contributed by atoms with Crippen LogP contribution in [0, 0.1) is 0 Å². The number of hydrogen-bond donors (Lipinski definition) is 0. The number of alkyl halides is 6. The first-order chi connectivity index (χ1) is 15.5. The van der Waals surface area contributed by atoms with Gasteiger partial charge in [-0.25, -0.2) is 4.79 Å². The van der Waals surface area contributed by atoms with E-state index in [-0.39, 0.29) is 11.1 Å². The van der Waals surface area contributed by atoms with Crippen LogP contribution in [0.5, 0.6) is 11.5 Å². The molecule has 0 aliphatic heterocycles. The van der Waals surface area contributed by atoms with E-state index in [4.69, 9.17) is 9.47 Å². The molecular formula is C25H28F6O3. The highest BCUT2D eigenvalue weighted by Crippen LogP contribution is 2.46. The molecule has 2 aromatic rings. The molecule has 0 radical (unpaired) electrons. The molecule has 2 rings (SSSR count). The lowest BCUT2D eigenvalue weighted by molar-refractivity contribution is -0.140. The van der Waals surface area contributed by atoms with Gasteiger partial charge in [0.2, 0.25) is 0 Å². The summed E-state index contributed by atoms with van der Waals surface area (Å²) in [5.41, 5.74) is -4.35. The van der Waals surface area contributed by atoms with E-state index in [9.17, 15) is 31.1 Å². The second kappa shape index (κ2) is 9.50. The van der Waals surface area contributed by atoms with Gasteiger partial charge in [-0.2, -0.15) is 26.3 Å². The van der Waals surface area contributed by atoms with E-state index in [1.54, 1.807) is 41.5 Å². The van der Waals surface area contributed by atoms with Crippen LogP contribution >= 0.6 is 0 Å². The maximum Gasteiger partial charge on any atom is 0.519 e. The molecule has 188 valence electrons. The van der Waals surface area contributed by atoms with E-state index in [1.165, 1.54) is 24.3 Å². The summed E-state index contributed by atoms with van der Waals surface area (Å²) < 4.78 is 93.1. The number of halogens is 6. The van der Waals surface area contributed by atoms with Crippen LogP contribution in [-0.4, -0.2) is 6.16 Å². The minimum atomic E-state index is -4.87.